The molecule has 0 saturated carbocycles. The SMILES string of the molecule is Cn1ccnc1COc1cccc([C@H](NC(=O)OCc2ccccc2)C(=O)Nc2cccc(CN)c2)c1. The van der Waals surface area contributed by atoms with Crippen LogP contribution >= 0.6 is 0 Å². The summed E-state index contributed by atoms with van der Waals surface area (Å²) in [6.45, 7) is 0.668. The van der Waals surface area contributed by atoms with Gasteiger partial charge in [0.05, 0.1) is 0 Å². The molecule has 37 heavy (non-hydrogen) atoms. The van der Waals surface area contributed by atoms with Gasteiger partial charge in [-0.05, 0) is 41.0 Å². The van der Waals surface area contributed by atoms with E-state index in [4.69, 9.17) is 15.2 Å². The van der Waals surface area contributed by atoms with Crippen LogP contribution in [0.3, 0.4) is 0 Å². The zero-order valence-electron chi connectivity index (χ0n) is 20.5. The highest BCUT2D eigenvalue weighted by molar-refractivity contribution is 5.97. The summed E-state index contributed by atoms with van der Waals surface area (Å²) < 4.78 is 13.1. The monoisotopic (exact) mass is 499 g/mol. The van der Waals surface area contributed by atoms with E-state index >= 15 is 0 Å². The number of anilines is 1. The van der Waals surface area contributed by atoms with Crippen LogP contribution in [0.25, 0.3) is 0 Å². The summed E-state index contributed by atoms with van der Waals surface area (Å²) in [4.78, 5) is 30.3. The van der Waals surface area contributed by atoms with Gasteiger partial charge in [0.1, 0.15) is 30.8 Å². The molecule has 3 aromatic carbocycles. The first-order valence-corrected chi connectivity index (χ1v) is 11.8. The van der Waals surface area contributed by atoms with Gasteiger partial charge in [-0.3, -0.25) is 4.79 Å². The highest BCUT2D eigenvalue weighted by atomic mass is 16.5. The summed E-state index contributed by atoms with van der Waals surface area (Å²) in [5, 5.41) is 5.55. The van der Waals surface area contributed by atoms with Crippen molar-refractivity contribution >= 4 is 17.7 Å². The van der Waals surface area contributed by atoms with Gasteiger partial charge in [-0.2, -0.15) is 0 Å². The Kier molecular flexibility index (Phi) is 8.51. The fourth-order valence-electron chi connectivity index (χ4n) is 3.64. The molecule has 2 amide bonds. The van der Waals surface area contributed by atoms with Gasteiger partial charge in [0.15, 0.2) is 0 Å². The molecule has 4 N–H and O–H groups in total. The van der Waals surface area contributed by atoms with Gasteiger partial charge in [-0.15, -0.1) is 0 Å². The summed E-state index contributed by atoms with van der Waals surface area (Å²) >= 11 is 0. The molecule has 0 unspecified atom stereocenters. The summed E-state index contributed by atoms with van der Waals surface area (Å²) in [5.41, 5.74) is 8.53. The molecule has 0 bridgehead atoms. The molecule has 4 aromatic rings. The molecule has 4 rings (SSSR count). The molecule has 0 aliphatic rings. The number of hydrogen-bond donors (Lipinski definition) is 3. The lowest BCUT2D eigenvalue weighted by Crippen LogP contribution is -2.37. The summed E-state index contributed by atoms with van der Waals surface area (Å²) in [6.07, 6.45) is 2.80. The van der Waals surface area contributed by atoms with E-state index in [1.165, 1.54) is 0 Å². The van der Waals surface area contributed by atoms with Gasteiger partial charge >= 0.3 is 6.09 Å². The number of amides is 2. The smallest absolute Gasteiger partial charge is 0.408 e. The number of benzene rings is 3. The first kappa shape index (κ1) is 25.5. The third kappa shape index (κ3) is 7.18. The lowest BCUT2D eigenvalue weighted by Gasteiger charge is -2.20. The van der Waals surface area contributed by atoms with Crippen LogP contribution < -0.4 is 21.1 Å². The second kappa shape index (κ2) is 12.4. The Bertz CT molecular complexity index is 1340. The van der Waals surface area contributed by atoms with Gasteiger partial charge < -0.3 is 30.4 Å². The summed E-state index contributed by atoms with van der Waals surface area (Å²) in [6, 6.07) is 22.5. The quantitative estimate of drug-likeness (QED) is 0.303. The minimum absolute atomic E-state index is 0.0758. The first-order chi connectivity index (χ1) is 18.0. The van der Waals surface area contributed by atoms with Crippen LogP contribution in [0, 0.1) is 0 Å². The number of carbonyl (C=O) groups excluding carboxylic acids is 2. The first-order valence-electron chi connectivity index (χ1n) is 11.8. The van der Waals surface area contributed by atoms with Crippen molar-refractivity contribution in [1.82, 2.24) is 14.9 Å². The van der Waals surface area contributed by atoms with E-state index in [0.717, 1.165) is 17.0 Å². The minimum Gasteiger partial charge on any atom is -0.486 e. The number of aryl methyl sites for hydroxylation is 1. The Morgan fingerprint density at radius 2 is 1.76 bits per heavy atom. The molecule has 1 aromatic heterocycles. The van der Waals surface area contributed by atoms with Crippen molar-refractivity contribution in [3.05, 3.63) is 114 Å². The molecule has 9 nitrogen and oxygen atoms in total. The number of alkyl carbamates (subject to hydrolysis) is 1. The Balaban J connectivity index is 1.51. The van der Waals surface area contributed by atoms with E-state index in [1.807, 2.05) is 54.2 Å². The maximum atomic E-state index is 13.4. The molecule has 9 heteroatoms. The van der Waals surface area contributed by atoms with Crippen LogP contribution in [0.4, 0.5) is 10.5 Å². The Morgan fingerprint density at radius 3 is 2.51 bits per heavy atom. The molecular formula is C28H29N5O4. The molecule has 0 fully saturated rings. The van der Waals surface area contributed by atoms with Gasteiger partial charge in [0.2, 0.25) is 0 Å². The lowest BCUT2D eigenvalue weighted by molar-refractivity contribution is -0.118. The highest BCUT2D eigenvalue weighted by Gasteiger charge is 2.24. The molecule has 0 saturated heterocycles. The zero-order valence-corrected chi connectivity index (χ0v) is 20.5. The molecule has 0 aliphatic heterocycles. The van der Waals surface area contributed by atoms with E-state index in [0.29, 0.717) is 23.5 Å². The fraction of sp³-hybridized carbons (Fsp3) is 0.179. The molecular weight excluding hydrogens is 470 g/mol. The van der Waals surface area contributed by atoms with Gasteiger partial charge in [0, 0.05) is 31.7 Å². The van der Waals surface area contributed by atoms with Gasteiger partial charge in [0.25, 0.3) is 5.91 Å². The Labute approximate surface area is 215 Å². The van der Waals surface area contributed by atoms with Crippen molar-refractivity contribution in [1.29, 1.82) is 0 Å². The van der Waals surface area contributed by atoms with Crippen molar-refractivity contribution in [2.24, 2.45) is 12.8 Å². The number of rotatable bonds is 10. The van der Waals surface area contributed by atoms with Crippen LogP contribution in [0.1, 0.15) is 28.6 Å². The van der Waals surface area contributed by atoms with Crippen LogP contribution in [0.2, 0.25) is 0 Å². The van der Waals surface area contributed by atoms with Gasteiger partial charge in [-0.25, -0.2) is 9.78 Å². The van der Waals surface area contributed by atoms with Crippen LogP contribution in [0.15, 0.2) is 91.3 Å². The Hall–Kier alpha value is -4.63. The topological polar surface area (TPSA) is 120 Å². The molecule has 1 atom stereocenters. The predicted molar refractivity (Wildman–Crippen MR) is 139 cm³/mol. The van der Waals surface area contributed by atoms with Crippen molar-refractivity contribution in [2.75, 3.05) is 5.32 Å². The largest absolute Gasteiger partial charge is 0.486 e. The van der Waals surface area contributed by atoms with E-state index in [1.54, 1.807) is 48.7 Å². The molecule has 0 spiro atoms. The maximum Gasteiger partial charge on any atom is 0.408 e. The number of nitrogens with zero attached hydrogens (tertiary/aromatic N) is 2. The Morgan fingerprint density at radius 1 is 0.973 bits per heavy atom. The molecule has 190 valence electrons. The van der Waals surface area contributed by atoms with Crippen molar-refractivity contribution in [2.45, 2.75) is 25.8 Å². The summed E-state index contributed by atoms with van der Waals surface area (Å²) in [5.74, 6) is 0.845. The molecule has 1 heterocycles. The zero-order chi connectivity index (χ0) is 26.0. The number of ether oxygens (including phenoxy) is 2. The normalized spacial score (nSPS) is 11.4. The van der Waals surface area contributed by atoms with Crippen LogP contribution in [-0.2, 0) is 36.3 Å². The molecule has 0 aliphatic carbocycles. The lowest BCUT2D eigenvalue weighted by atomic mass is 10.1. The van der Waals surface area contributed by atoms with Crippen molar-refractivity contribution in [3.8, 4) is 5.75 Å². The third-order valence-electron chi connectivity index (χ3n) is 5.65. The highest BCUT2D eigenvalue weighted by Crippen LogP contribution is 2.23. The number of hydrogen-bond acceptors (Lipinski definition) is 6. The number of carbonyl (C=O) groups is 2. The van der Waals surface area contributed by atoms with Crippen LogP contribution in [-0.4, -0.2) is 21.6 Å². The minimum atomic E-state index is -1.04. The van der Waals surface area contributed by atoms with E-state index < -0.39 is 18.0 Å². The number of imidazole rings is 1. The average molecular weight is 500 g/mol. The molecule has 0 radical (unpaired) electrons. The van der Waals surface area contributed by atoms with Crippen LogP contribution in [0.5, 0.6) is 5.75 Å². The number of nitrogens with one attached hydrogen (secondary N) is 2. The number of nitrogens with two attached hydrogens (primary N) is 1. The maximum absolute atomic E-state index is 13.4. The van der Waals surface area contributed by atoms with Crippen molar-refractivity contribution < 1.29 is 19.1 Å². The fourth-order valence-corrected chi connectivity index (χ4v) is 3.64. The second-order valence-corrected chi connectivity index (χ2v) is 8.35. The third-order valence-corrected chi connectivity index (χ3v) is 5.65. The standard InChI is InChI=1S/C28H29N5O4/c1-33-14-13-30-25(33)19-36-24-12-6-10-22(16-24)26(27(34)31-23-11-5-9-21(15-23)17-29)32-28(35)37-18-20-7-3-2-4-8-20/h2-16,26H,17-19,29H2,1H3,(H,31,34)(H,32,35)/t26-/m0/s1. The van der Waals surface area contributed by atoms with Crippen molar-refractivity contribution in [3.63, 3.8) is 0 Å². The number of aromatic nitrogens is 2. The predicted octanol–water partition coefficient (Wildman–Crippen LogP) is 4.06. The second-order valence-electron chi connectivity index (χ2n) is 8.35. The van der Waals surface area contributed by atoms with E-state index in [2.05, 4.69) is 15.6 Å². The summed E-state index contributed by atoms with van der Waals surface area (Å²) in [7, 11) is 1.88. The van der Waals surface area contributed by atoms with Gasteiger partial charge in [-0.1, -0.05) is 54.6 Å². The van der Waals surface area contributed by atoms with E-state index in [-0.39, 0.29) is 13.2 Å². The van der Waals surface area contributed by atoms with E-state index in [9.17, 15) is 9.59 Å². The average Bonchev–Trinajstić information content (AvgIpc) is 3.34.